The molecule has 0 aromatic carbocycles. The van der Waals surface area contributed by atoms with Crippen LogP contribution in [0.4, 0.5) is 0 Å². The smallest absolute Gasteiger partial charge is 0.308 e. The van der Waals surface area contributed by atoms with Crippen LogP contribution in [0.3, 0.4) is 0 Å². The summed E-state index contributed by atoms with van der Waals surface area (Å²) in [5.74, 6) is 1.15. The number of carbonyl (C=O) groups is 1. The van der Waals surface area contributed by atoms with Crippen molar-refractivity contribution in [2.24, 2.45) is 29.6 Å². The monoisotopic (exact) mass is 310 g/mol. The summed E-state index contributed by atoms with van der Waals surface area (Å²) in [4.78, 5) is 23.7. The second-order valence-corrected chi connectivity index (χ2v) is 8.14. The summed E-state index contributed by atoms with van der Waals surface area (Å²) in [6.07, 6.45) is 2.53. The highest BCUT2D eigenvalue weighted by Gasteiger charge is 2.69. The van der Waals surface area contributed by atoms with Crippen LogP contribution in [0.25, 0.3) is 0 Å². The van der Waals surface area contributed by atoms with E-state index >= 15 is 0 Å². The number of ether oxygens (including phenoxy) is 2. The van der Waals surface area contributed by atoms with E-state index in [1.165, 1.54) is 0 Å². The van der Waals surface area contributed by atoms with E-state index in [1.807, 2.05) is 6.92 Å². The average Bonchev–Trinajstić information content (AvgIpc) is 2.66. The molecule has 7 atom stereocenters. The third-order valence-corrected chi connectivity index (χ3v) is 6.59. The fraction of sp³-hybridized carbons (Fsp3) is 0.941. The van der Waals surface area contributed by atoms with Gasteiger partial charge in [-0.2, -0.15) is 0 Å². The van der Waals surface area contributed by atoms with Crippen LogP contribution in [-0.2, 0) is 24.0 Å². The molecule has 4 aliphatic heterocycles. The van der Waals surface area contributed by atoms with Gasteiger partial charge in [-0.3, -0.25) is 4.79 Å². The molecule has 1 aliphatic carbocycles. The molecule has 0 aromatic rings. The van der Waals surface area contributed by atoms with Crippen molar-refractivity contribution < 1.29 is 24.0 Å². The molecular formula is C17H26O5. The van der Waals surface area contributed by atoms with Crippen molar-refractivity contribution in [1.29, 1.82) is 0 Å². The highest BCUT2D eigenvalue weighted by Crippen LogP contribution is 2.60. The standard InChI is InChI=1S/C17H26O5/c1-9(2)12-7-11-8-14(18)19-15-17(11)13(10(12)3)5-6-16(4,20-15)21-22-17/h9-13,15H,5-8H2,1-4H3. The molecule has 5 heteroatoms. The Morgan fingerprint density at radius 1 is 1.27 bits per heavy atom. The van der Waals surface area contributed by atoms with Gasteiger partial charge in [0.2, 0.25) is 12.1 Å². The van der Waals surface area contributed by atoms with Gasteiger partial charge in [-0.05, 0) is 37.5 Å². The molecule has 124 valence electrons. The molecule has 0 N–H and O–H groups in total. The fourth-order valence-corrected chi connectivity index (χ4v) is 5.39. The maximum Gasteiger partial charge on any atom is 0.308 e. The Hall–Kier alpha value is -0.650. The molecule has 1 spiro atoms. The third kappa shape index (κ3) is 1.85. The lowest BCUT2D eigenvalue weighted by molar-refractivity contribution is -0.558. The van der Waals surface area contributed by atoms with E-state index in [4.69, 9.17) is 19.2 Å². The molecule has 1 saturated carbocycles. The molecule has 5 rings (SSSR count). The van der Waals surface area contributed by atoms with Gasteiger partial charge in [-0.25, -0.2) is 9.78 Å². The molecule has 4 saturated heterocycles. The van der Waals surface area contributed by atoms with Gasteiger partial charge in [-0.1, -0.05) is 20.8 Å². The van der Waals surface area contributed by atoms with Gasteiger partial charge in [0.05, 0.1) is 6.42 Å². The second kappa shape index (κ2) is 4.68. The number of rotatable bonds is 1. The normalized spacial score (nSPS) is 53.9. The minimum absolute atomic E-state index is 0.120. The van der Waals surface area contributed by atoms with Crippen LogP contribution in [0.2, 0.25) is 0 Å². The van der Waals surface area contributed by atoms with Crippen LogP contribution < -0.4 is 0 Å². The van der Waals surface area contributed by atoms with Crippen molar-refractivity contribution >= 4 is 5.97 Å². The van der Waals surface area contributed by atoms with Crippen molar-refractivity contribution in [3.8, 4) is 0 Å². The Labute approximate surface area is 131 Å². The van der Waals surface area contributed by atoms with Gasteiger partial charge in [0, 0.05) is 18.3 Å². The van der Waals surface area contributed by atoms with Crippen molar-refractivity contribution in [3.05, 3.63) is 0 Å². The number of hydrogen-bond acceptors (Lipinski definition) is 5. The van der Waals surface area contributed by atoms with E-state index in [2.05, 4.69) is 20.8 Å². The second-order valence-electron chi connectivity index (χ2n) is 8.14. The highest BCUT2D eigenvalue weighted by molar-refractivity contribution is 5.71. The first-order valence-electron chi connectivity index (χ1n) is 8.60. The van der Waals surface area contributed by atoms with Crippen LogP contribution in [0.1, 0.15) is 53.4 Å². The quantitative estimate of drug-likeness (QED) is 0.550. The van der Waals surface area contributed by atoms with Crippen LogP contribution >= 0.6 is 0 Å². The SMILES string of the molecule is CC(C)C1CC2CC(=O)OC3OC4(C)CCC(C1C)C23OO4. The predicted molar refractivity (Wildman–Crippen MR) is 77.2 cm³/mol. The minimum Gasteiger partial charge on any atom is -0.432 e. The molecule has 5 nitrogen and oxygen atoms in total. The first-order valence-corrected chi connectivity index (χ1v) is 8.60. The Balaban J connectivity index is 1.79. The summed E-state index contributed by atoms with van der Waals surface area (Å²) in [7, 11) is 0. The fourth-order valence-electron chi connectivity index (χ4n) is 5.39. The lowest BCUT2D eigenvalue weighted by atomic mass is 9.55. The minimum atomic E-state index is -0.803. The van der Waals surface area contributed by atoms with Gasteiger partial charge in [0.15, 0.2) is 5.60 Å². The summed E-state index contributed by atoms with van der Waals surface area (Å²) in [6.45, 7) is 8.75. The maximum absolute atomic E-state index is 12.1. The first-order chi connectivity index (χ1) is 10.4. The third-order valence-electron chi connectivity index (χ3n) is 6.59. The molecule has 0 aromatic heterocycles. The zero-order valence-electron chi connectivity index (χ0n) is 13.8. The van der Waals surface area contributed by atoms with Crippen molar-refractivity contribution in [1.82, 2.24) is 0 Å². The van der Waals surface area contributed by atoms with Gasteiger partial charge in [-0.15, -0.1) is 0 Å². The van der Waals surface area contributed by atoms with E-state index in [0.717, 1.165) is 19.3 Å². The summed E-state index contributed by atoms with van der Waals surface area (Å²) in [5.41, 5.74) is -0.616. The molecule has 2 bridgehead atoms. The summed E-state index contributed by atoms with van der Waals surface area (Å²) in [5, 5.41) is 0. The molecule has 0 amide bonds. The number of hydrogen-bond donors (Lipinski definition) is 0. The van der Waals surface area contributed by atoms with Crippen LogP contribution in [0.15, 0.2) is 0 Å². The van der Waals surface area contributed by atoms with Crippen molar-refractivity contribution in [3.63, 3.8) is 0 Å². The molecule has 7 unspecified atom stereocenters. The lowest BCUT2D eigenvalue weighted by Crippen LogP contribution is -2.69. The largest absolute Gasteiger partial charge is 0.432 e. The zero-order valence-corrected chi connectivity index (χ0v) is 13.8. The van der Waals surface area contributed by atoms with Crippen LogP contribution in [0, 0.1) is 29.6 Å². The summed E-state index contributed by atoms with van der Waals surface area (Å²) >= 11 is 0. The molecular weight excluding hydrogens is 284 g/mol. The Kier molecular flexibility index (Phi) is 3.17. The molecule has 4 heterocycles. The predicted octanol–water partition coefficient (Wildman–Crippen LogP) is 3.03. The van der Waals surface area contributed by atoms with Gasteiger partial charge >= 0.3 is 5.97 Å². The van der Waals surface area contributed by atoms with Gasteiger partial charge < -0.3 is 9.47 Å². The van der Waals surface area contributed by atoms with E-state index in [-0.39, 0.29) is 11.9 Å². The number of esters is 1. The van der Waals surface area contributed by atoms with Gasteiger partial charge in [0.1, 0.15) is 0 Å². The number of carbonyl (C=O) groups excluding carboxylic acids is 1. The molecule has 5 fully saturated rings. The topological polar surface area (TPSA) is 54.0 Å². The summed E-state index contributed by atoms with van der Waals surface area (Å²) in [6, 6.07) is 0. The average molecular weight is 310 g/mol. The maximum atomic E-state index is 12.1. The van der Waals surface area contributed by atoms with E-state index in [9.17, 15) is 4.79 Å². The zero-order chi connectivity index (χ0) is 15.7. The van der Waals surface area contributed by atoms with Crippen molar-refractivity contribution in [2.45, 2.75) is 71.1 Å². The van der Waals surface area contributed by atoms with Crippen molar-refractivity contribution in [2.75, 3.05) is 0 Å². The number of fused-ring (bicyclic) bond motifs is 2. The highest BCUT2D eigenvalue weighted by atomic mass is 17.3. The van der Waals surface area contributed by atoms with Crippen LogP contribution in [0.5, 0.6) is 0 Å². The van der Waals surface area contributed by atoms with E-state index < -0.39 is 17.7 Å². The Bertz CT molecular complexity index is 491. The lowest BCUT2D eigenvalue weighted by Gasteiger charge is -2.58. The Morgan fingerprint density at radius 2 is 2.05 bits per heavy atom. The first kappa shape index (κ1) is 14.9. The molecule has 22 heavy (non-hydrogen) atoms. The van der Waals surface area contributed by atoms with Gasteiger partial charge in [0.25, 0.3) is 0 Å². The Morgan fingerprint density at radius 3 is 2.77 bits per heavy atom. The molecule has 0 radical (unpaired) electrons. The molecule has 5 aliphatic rings. The van der Waals surface area contributed by atoms with E-state index in [1.54, 1.807) is 0 Å². The van der Waals surface area contributed by atoms with E-state index in [0.29, 0.717) is 30.1 Å². The summed E-state index contributed by atoms with van der Waals surface area (Å²) < 4.78 is 11.6. The van der Waals surface area contributed by atoms with Crippen LogP contribution in [-0.4, -0.2) is 23.6 Å².